The third kappa shape index (κ3) is 3.68. The van der Waals surface area contributed by atoms with E-state index in [0.29, 0.717) is 28.3 Å². The Labute approximate surface area is 158 Å². The first-order valence-electron chi connectivity index (χ1n) is 8.00. The predicted molar refractivity (Wildman–Crippen MR) is 97.2 cm³/mol. The Morgan fingerprint density at radius 1 is 1.15 bits per heavy atom. The van der Waals surface area contributed by atoms with Gasteiger partial charge in [-0.05, 0) is 46.8 Å². The van der Waals surface area contributed by atoms with Crippen LogP contribution in [0.15, 0.2) is 64.3 Å². The molecular weight excluding hydrogens is 369 g/mol. The summed E-state index contributed by atoms with van der Waals surface area (Å²) in [4.78, 5) is 4.27. The van der Waals surface area contributed by atoms with Gasteiger partial charge in [-0.1, -0.05) is 23.9 Å². The molecule has 2 aromatic carbocycles. The fraction of sp³-hybridized carbons (Fsp3) is 0.111. The van der Waals surface area contributed by atoms with E-state index in [-0.39, 0.29) is 5.82 Å². The highest BCUT2D eigenvalue weighted by atomic mass is 32.2. The molecule has 0 aliphatic carbocycles. The molecule has 0 radical (unpaired) electrons. The molecule has 0 saturated carbocycles. The molecule has 0 aliphatic heterocycles. The van der Waals surface area contributed by atoms with Crippen molar-refractivity contribution in [1.82, 2.24) is 25.2 Å². The maximum atomic E-state index is 13.0. The molecule has 136 valence electrons. The maximum Gasteiger partial charge on any atom is 0.214 e. The number of halogens is 1. The molecule has 7 nitrogen and oxygen atoms in total. The fourth-order valence-corrected chi connectivity index (χ4v) is 3.21. The minimum Gasteiger partial charge on any atom is -0.494 e. The van der Waals surface area contributed by atoms with E-state index in [1.54, 1.807) is 30.1 Å². The second-order valence-electron chi connectivity index (χ2n) is 5.46. The van der Waals surface area contributed by atoms with Gasteiger partial charge in [0.1, 0.15) is 17.3 Å². The Kier molecular flexibility index (Phi) is 4.84. The van der Waals surface area contributed by atoms with Gasteiger partial charge in [-0.3, -0.25) is 0 Å². The topological polar surface area (TPSA) is 78.9 Å². The number of benzene rings is 2. The van der Waals surface area contributed by atoms with E-state index < -0.39 is 0 Å². The number of ether oxygens (including phenoxy) is 1. The van der Waals surface area contributed by atoms with Crippen molar-refractivity contribution in [3.8, 4) is 22.8 Å². The van der Waals surface area contributed by atoms with Gasteiger partial charge >= 0.3 is 0 Å². The van der Waals surface area contributed by atoms with E-state index in [1.165, 1.54) is 23.9 Å². The number of aromatic nitrogens is 5. The molecule has 0 saturated heterocycles. The lowest BCUT2D eigenvalue weighted by molar-refractivity contribution is 0.410. The molecule has 27 heavy (non-hydrogen) atoms. The summed E-state index contributed by atoms with van der Waals surface area (Å²) in [6.07, 6.45) is 1.62. The molecule has 9 heteroatoms. The van der Waals surface area contributed by atoms with Gasteiger partial charge in [0.2, 0.25) is 11.0 Å². The molecule has 0 spiro atoms. The van der Waals surface area contributed by atoms with Crippen molar-refractivity contribution < 1.29 is 13.5 Å². The summed E-state index contributed by atoms with van der Waals surface area (Å²) in [5, 5.41) is 12.4. The minimum absolute atomic E-state index is 0.294. The Balaban J connectivity index is 1.51. The lowest BCUT2D eigenvalue weighted by Gasteiger charge is -2.08. The van der Waals surface area contributed by atoms with Gasteiger partial charge in [0.15, 0.2) is 5.76 Å². The molecule has 0 bridgehead atoms. The van der Waals surface area contributed by atoms with E-state index in [0.717, 1.165) is 11.3 Å². The smallest absolute Gasteiger partial charge is 0.214 e. The number of tetrazole rings is 1. The third-order valence-electron chi connectivity index (χ3n) is 3.76. The van der Waals surface area contributed by atoms with Gasteiger partial charge in [0, 0.05) is 5.56 Å². The highest BCUT2D eigenvalue weighted by molar-refractivity contribution is 7.98. The van der Waals surface area contributed by atoms with Crippen LogP contribution in [0.1, 0.15) is 5.89 Å². The number of methoxy groups -OCH3 is 1. The summed E-state index contributed by atoms with van der Waals surface area (Å²) in [6.45, 7) is 0. The maximum absolute atomic E-state index is 13.0. The zero-order valence-electron chi connectivity index (χ0n) is 14.2. The monoisotopic (exact) mass is 383 g/mol. The molecule has 2 heterocycles. The van der Waals surface area contributed by atoms with E-state index >= 15 is 0 Å². The molecule has 0 atom stereocenters. The lowest BCUT2D eigenvalue weighted by atomic mass is 10.2. The summed E-state index contributed by atoms with van der Waals surface area (Å²) >= 11 is 1.39. The van der Waals surface area contributed by atoms with E-state index in [2.05, 4.69) is 20.5 Å². The van der Waals surface area contributed by atoms with Gasteiger partial charge in [-0.25, -0.2) is 9.37 Å². The van der Waals surface area contributed by atoms with Crippen LogP contribution in [-0.4, -0.2) is 32.3 Å². The van der Waals surface area contributed by atoms with Gasteiger partial charge in [0.05, 0.1) is 19.1 Å². The minimum atomic E-state index is -0.294. The van der Waals surface area contributed by atoms with Crippen LogP contribution in [0.4, 0.5) is 4.39 Å². The van der Waals surface area contributed by atoms with Crippen LogP contribution in [0.25, 0.3) is 17.0 Å². The number of nitrogens with zero attached hydrogens (tertiary/aromatic N) is 5. The Bertz CT molecular complexity index is 1050. The van der Waals surface area contributed by atoms with Crippen molar-refractivity contribution in [3.05, 3.63) is 66.4 Å². The van der Waals surface area contributed by atoms with Crippen LogP contribution in [-0.2, 0) is 5.75 Å². The second kappa shape index (κ2) is 7.58. The summed E-state index contributed by atoms with van der Waals surface area (Å²) < 4.78 is 25.7. The quantitative estimate of drug-likeness (QED) is 0.469. The molecular formula is C18H14FN5O2S. The molecule has 0 aliphatic rings. The Morgan fingerprint density at radius 3 is 2.78 bits per heavy atom. The first-order valence-corrected chi connectivity index (χ1v) is 8.98. The number of hydrogen-bond donors (Lipinski definition) is 0. The molecule has 0 fully saturated rings. The molecule has 0 N–H and O–H groups in total. The zero-order valence-corrected chi connectivity index (χ0v) is 15.1. The molecule has 0 amide bonds. The van der Waals surface area contributed by atoms with Crippen molar-refractivity contribution in [2.75, 3.05) is 7.11 Å². The van der Waals surface area contributed by atoms with Crippen molar-refractivity contribution >= 4 is 11.8 Å². The van der Waals surface area contributed by atoms with Gasteiger partial charge < -0.3 is 9.15 Å². The summed E-state index contributed by atoms with van der Waals surface area (Å²) in [5.41, 5.74) is 1.51. The van der Waals surface area contributed by atoms with E-state index in [9.17, 15) is 4.39 Å². The fourth-order valence-electron chi connectivity index (χ4n) is 2.48. The van der Waals surface area contributed by atoms with Crippen molar-refractivity contribution in [1.29, 1.82) is 0 Å². The van der Waals surface area contributed by atoms with Gasteiger partial charge in [-0.15, -0.1) is 5.10 Å². The number of para-hydroxylation sites is 2. The van der Waals surface area contributed by atoms with Crippen LogP contribution in [0.2, 0.25) is 0 Å². The van der Waals surface area contributed by atoms with Crippen molar-refractivity contribution in [2.24, 2.45) is 0 Å². The van der Waals surface area contributed by atoms with E-state index in [4.69, 9.17) is 9.15 Å². The highest BCUT2D eigenvalue weighted by Gasteiger charge is 2.15. The van der Waals surface area contributed by atoms with Crippen LogP contribution >= 0.6 is 11.8 Å². The number of thioether (sulfide) groups is 1. The summed E-state index contributed by atoms with van der Waals surface area (Å²) in [7, 11) is 1.60. The Hall–Kier alpha value is -3.20. The number of rotatable bonds is 6. The SMILES string of the molecule is COc1ccccc1-n1nnnc1SCc1ncc(-c2ccc(F)cc2)o1. The average Bonchev–Trinajstić information content (AvgIpc) is 3.36. The van der Waals surface area contributed by atoms with Crippen molar-refractivity contribution in [2.45, 2.75) is 10.9 Å². The highest BCUT2D eigenvalue weighted by Crippen LogP contribution is 2.28. The predicted octanol–water partition coefficient (Wildman–Crippen LogP) is 3.76. The summed E-state index contributed by atoms with van der Waals surface area (Å²) in [5.74, 6) is 1.92. The zero-order chi connectivity index (χ0) is 18.6. The largest absolute Gasteiger partial charge is 0.494 e. The second-order valence-corrected chi connectivity index (χ2v) is 6.40. The van der Waals surface area contributed by atoms with Crippen LogP contribution in [0.5, 0.6) is 5.75 Å². The molecule has 4 aromatic rings. The number of hydrogen-bond acceptors (Lipinski definition) is 7. The Morgan fingerprint density at radius 2 is 1.96 bits per heavy atom. The molecule has 0 unspecified atom stereocenters. The molecule has 2 aromatic heterocycles. The first-order chi connectivity index (χ1) is 13.2. The first kappa shape index (κ1) is 17.2. The van der Waals surface area contributed by atoms with Crippen LogP contribution < -0.4 is 4.74 Å². The van der Waals surface area contributed by atoms with Crippen LogP contribution in [0, 0.1) is 5.82 Å². The lowest BCUT2D eigenvalue weighted by Crippen LogP contribution is -2.01. The third-order valence-corrected chi connectivity index (χ3v) is 4.67. The summed E-state index contributed by atoms with van der Waals surface area (Å²) in [6, 6.07) is 13.5. The van der Waals surface area contributed by atoms with Gasteiger partial charge in [0.25, 0.3) is 0 Å². The normalized spacial score (nSPS) is 10.9. The van der Waals surface area contributed by atoms with Crippen LogP contribution in [0.3, 0.4) is 0 Å². The average molecular weight is 383 g/mol. The molecule has 4 rings (SSSR count). The van der Waals surface area contributed by atoms with Gasteiger partial charge in [-0.2, -0.15) is 4.68 Å². The number of oxazole rings is 1. The van der Waals surface area contributed by atoms with Crippen molar-refractivity contribution in [3.63, 3.8) is 0 Å². The van der Waals surface area contributed by atoms with E-state index in [1.807, 2.05) is 24.3 Å². The standard InChI is InChI=1S/C18H14FN5O2S/c1-25-15-5-3-2-4-14(15)24-18(21-22-23-24)27-11-17-20-10-16(26-17)12-6-8-13(19)9-7-12/h2-10H,11H2,1H3.